The molecule has 0 aromatic heterocycles. The Labute approximate surface area is 69.1 Å². The Bertz CT molecular complexity index is 217. The largest absolute Gasteiger partial charge is 0.227 e. The first kappa shape index (κ1) is 7.78. The van der Waals surface area contributed by atoms with Crippen molar-refractivity contribution in [3.8, 4) is 0 Å². The van der Waals surface area contributed by atoms with Crippen LogP contribution in [0.2, 0.25) is 0 Å². The number of halogens is 1. The summed E-state index contributed by atoms with van der Waals surface area (Å²) in [5.74, 6) is 0. The zero-order valence-corrected chi connectivity index (χ0v) is 8.36. The van der Waals surface area contributed by atoms with E-state index >= 15 is 0 Å². The van der Waals surface area contributed by atoms with Gasteiger partial charge < -0.3 is 0 Å². The number of sulfone groups is 1. The van der Waals surface area contributed by atoms with Crippen molar-refractivity contribution >= 4 is 32.4 Å². The van der Waals surface area contributed by atoms with Crippen LogP contribution in [0.1, 0.15) is 20.3 Å². The van der Waals surface area contributed by atoms with Gasteiger partial charge in [0.2, 0.25) is 0 Å². The molecule has 0 N–H and O–H groups in total. The van der Waals surface area contributed by atoms with Crippen molar-refractivity contribution in [1.82, 2.24) is 0 Å². The smallest absolute Gasteiger partial charge is 0.167 e. The lowest BCUT2D eigenvalue weighted by Gasteiger charge is -2.38. The van der Waals surface area contributed by atoms with Crippen molar-refractivity contribution in [3.05, 3.63) is 0 Å². The fraction of sp³-hybridized carbons (Fsp3) is 1.00. The number of hydrogen-bond donors (Lipinski definition) is 0. The Hall–Kier alpha value is 0.680. The minimum absolute atomic E-state index is 0.134. The van der Waals surface area contributed by atoms with E-state index in [1.54, 1.807) is 13.8 Å². The second kappa shape index (κ2) is 1.84. The van der Waals surface area contributed by atoms with Gasteiger partial charge in [0.25, 0.3) is 0 Å². The van der Waals surface area contributed by atoms with E-state index in [0.29, 0.717) is 0 Å². The average Bonchev–Trinajstić information content (AvgIpc) is 1.65. The Kier molecular flexibility index (Phi) is 1.59. The molecule has 0 spiro atoms. The van der Waals surface area contributed by atoms with Gasteiger partial charge in [-0.15, -0.1) is 0 Å². The van der Waals surface area contributed by atoms with Gasteiger partial charge in [-0.25, -0.2) is 8.42 Å². The summed E-state index contributed by atoms with van der Waals surface area (Å²) in [7, 11) is -2.75. The highest BCUT2D eigenvalue weighted by Crippen LogP contribution is 2.42. The fourth-order valence-electron chi connectivity index (χ4n) is 0.859. The van der Waals surface area contributed by atoms with Gasteiger partial charge in [-0.2, -0.15) is 0 Å². The lowest BCUT2D eigenvalue weighted by Crippen LogP contribution is -2.50. The maximum Gasteiger partial charge on any atom is 0.167 e. The second-order valence-electron chi connectivity index (χ2n) is 2.92. The lowest BCUT2D eigenvalue weighted by molar-refractivity contribution is 0.491. The van der Waals surface area contributed by atoms with E-state index in [0.717, 1.165) is 6.42 Å². The summed E-state index contributed by atoms with van der Waals surface area (Å²) in [5, 5.41) is 0. The molecule has 0 bridgehead atoms. The van der Waals surface area contributed by atoms with Gasteiger partial charge >= 0.3 is 0 Å². The number of alkyl halides is 1. The van der Waals surface area contributed by atoms with Gasteiger partial charge in [0, 0.05) is 0 Å². The predicted molar refractivity (Wildman–Crippen MR) is 45.4 cm³/mol. The summed E-state index contributed by atoms with van der Waals surface area (Å²) in [5.41, 5.74) is 0. The molecule has 4 heteroatoms. The normalized spacial score (nSPS) is 37.4. The monoisotopic (exact) mass is 260 g/mol. The third kappa shape index (κ3) is 0.906. The van der Waals surface area contributed by atoms with Crippen molar-refractivity contribution < 1.29 is 8.42 Å². The molecule has 1 rings (SSSR count). The minimum atomic E-state index is -2.75. The summed E-state index contributed by atoms with van der Waals surface area (Å²) < 4.78 is 21.5. The molecule has 1 saturated heterocycles. The highest BCUT2D eigenvalue weighted by molar-refractivity contribution is 14.1. The molecule has 1 heterocycles. The molecule has 1 unspecified atom stereocenters. The van der Waals surface area contributed by atoms with Crippen LogP contribution in [0.3, 0.4) is 0 Å². The SMILES string of the molecule is CC1(C)CC(I)S1(=O)=O. The first-order valence-electron chi connectivity index (χ1n) is 2.75. The summed E-state index contributed by atoms with van der Waals surface area (Å²) >= 11 is 1.97. The zero-order chi connectivity index (χ0) is 7.28. The van der Waals surface area contributed by atoms with E-state index in [1.165, 1.54) is 0 Å². The first-order valence-corrected chi connectivity index (χ1v) is 5.55. The van der Waals surface area contributed by atoms with E-state index in [2.05, 4.69) is 0 Å². The van der Waals surface area contributed by atoms with Crippen LogP contribution in [0.25, 0.3) is 0 Å². The molecule has 0 radical (unpaired) electrons. The van der Waals surface area contributed by atoms with Crippen molar-refractivity contribution in [1.29, 1.82) is 0 Å². The van der Waals surface area contributed by atoms with Crippen LogP contribution >= 0.6 is 22.6 Å². The molecule has 1 aliphatic rings. The maximum atomic E-state index is 11.1. The number of rotatable bonds is 0. The summed E-state index contributed by atoms with van der Waals surface area (Å²) in [4.78, 5) is 0. The van der Waals surface area contributed by atoms with Gasteiger partial charge in [-0.3, -0.25) is 0 Å². The zero-order valence-electron chi connectivity index (χ0n) is 5.39. The molecule has 0 saturated carbocycles. The lowest BCUT2D eigenvalue weighted by atomic mass is 10.1. The quantitative estimate of drug-likeness (QED) is 0.486. The van der Waals surface area contributed by atoms with Crippen LogP contribution in [0.4, 0.5) is 0 Å². The van der Waals surface area contributed by atoms with Gasteiger partial charge in [0.05, 0.1) is 4.75 Å². The summed E-state index contributed by atoms with van der Waals surface area (Å²) in [6.45, 7) is 3.55. The maximum absolute atomic E-state index is 11.1. The fourth-order valence-corrected chi connectivity index (χ4v) is 5.75. The minimum Gasteiger partial charge on any atom is -0.227 e. The van der Waals surface area contributed by atoms with Crippen molar-refractivity contribution in [2.45, 2.75) is 28.3 Å². The van der Waals surface area contributed by atoms with Gasteiger partial charge in [0.1, 0.15) is 3.26 Å². The summed E-state index contributed by atoms with van der Waals surface area (Å²) in [6.07, 6.45) is 0.801. The third-order valence-electron chi connectivity index (χ3n) is 1.76. The Morgan fingerprint density at radius 2 is 2.00 bits per heavy atom. The van der Waals surface area contributed by atoms with Crippen LogP contribution in [-0.2, 0) is 9.84 Å². The first-order chi connectivity index (χ1) is 3.88. The van der Waals surface area contributed by atoms with Crippen LogP contribution < -0.4 is 0 Å². The molecule has 1 atom stereocenters. The molecule has 0 aliphatic carbocycles. The van der Waals surface area contributed by atoms with E-state index in [4.69, 9.17) is 0 Å². The molecular formula is C5H9IO2S. The molecule has 2 nitrogen and oxygen atoms in total. The highest BCUT2D eigenvalue weighted by atomic mass is 127. The van der Waals surface area contributed by atoms with Crippen molar-refractivity contribution in [2.24, 2.45) is 0 Å². The second-order valence-corrected chi connectivity index (χ2v) is 8.03. The molecular weight excluding hydrogens is 251 g/mol. The molecule has 9 heavy (non-hydrogen) atoms. The topological polar surface area (TPSA) is 34.1 Å². The van der Waals surface area contributed by atoms with Crippen LogP contribution in [-0.4, -0.2) is 16.4 Å². The van der Waals surface area contributed by atoms with E-state index in [9.17, 15) is 8.42 Å². The van der Waals surface area contributed by atoms with E-state index in [-0.39, 0.29) is 3.26 Å². The van der Waals surface area contributed by atoms with Crippen molar-refractivity contribution in [2.75, 3.05) is 0 Å². The molecule has 0 aromatic rings. The van der Waals surface area contributed by atoms with E-state index < -0.39 is 14.6 Å². The highest BCUT2D eigenvalue weighted by Gasteiger charge is 2.51. The molecule has 54 valence electrons. The van der Waals surface area contributed by atoms with Crippen LogP contribution in [0.15, 0.2) is 0 Å². The van der Waals surface area contributed by atoms with E-state index in [1.807, 2.05) is 22.6 Å². The molecule has 1 aliphatic heterocycles. The summed E-state index contributed by atoms with van der Waals surface area (Å²) in [6, 6.07) is 0. The van der Waals surface area contributed by atoms with Crippen LogP contribution in [0.5, 0.6) is 0 Å². The molecule has 0 amide bonds. The third-order valence-corrected chi connectivity index (χ3v) is 6.75. The number of hydrogen-bond acceptors (Lipinski definition) is 2. The van der Waals surface area contributed by atoms with Gasteiger partial charge in [-0.05, 0) is 20.3 Å². The Morgan fingerprint density at radius 3 is 2.00 bits per heavy atom. The van der Waals surface area contributed by atoms with Gasteiger partial charge in [0.15, 0.2) is 9.84 Å². The molecule has 0 aromatic carbocycles. The predicted octanol–water partition coefficient (Wildman–Crippen LogP) is 1.34. The Balaban J connectivity index is 2.97. The average molecular weight is 260 g/mol. The van der Waals surface area contributed by atoms with Gasteiger partial charge in [-0.1, -0.05) is 22.6 Å². The molecule has 1 fully saturated rings. The van der Waals surface area contributed by atoms with Crippen molar-refractivity contribution in [3.63, 3.8) is 0 Å². The van der Waals surface area contributed by atoms with Crippen LogP contribution in [0, 0.1) is 0 Å². The Morgan fingerprint density at radius 1 is 1.56 bits per heavy atom. The standard InChI is InChI=1S/C5H9IO2S/c1-5(2)3-4(6)9(5,7)8/h4H,3H2,1-2H3.